The Labute approximate surface area is 319 Å². The summed E-state index contributed by atoms with van der Waals surface area (Å²) in [5.41, 5.74) is 10.8. The summed E-state index contributed by atoms with van der Waals surface area (Å²) < 4.78 is 20.3. The van der Waals surface area contributed by atoms with Gasteiger partial charge in [0.25, 0.3) is 5.91 Å². The number of primary amides is 1. The number of hydrogen-bond acceptors (Lipinski definition) is 10. The fraction of sp³-hybridized carbons (Fsp3) is 0.436. The minimum atomic E-state index is -1.15. The van der Waals surface area contributed by atoms with E-state index >= 15 is 0 Å². The number of carbonyl (C=O) groups excluding carboxylic acids is 4. The lowest BCUT2D eigenvalue weighted by atomic mass is 10.0. The molecule has 0 bridgehead atoms. The molecule has 0 unspecified atom stereocenters. The van der Waals surface area contributed by atoms with Crippen molar-refractivity contribution in [3.63, 3.8) is 0 Å². The molecule has 0 aliphatic carbocycles. The topological polar surface area (TPSA) is 207 Å². The maximum atomic E-state index is 13.5. The molecule has 55 heavy (non-hydrogen) atoms. The highest BCUT2D eigenvalue weighted by atomic mass is 16.6. The minimum absolute atomic E-state index is 0.196. The molecule has 6 rings (SSSR count). The van der Waals surface area contributed by atoms with Gasteiger partial charge in [0.1, 0.15) is 23.8 Å². The number of likely N-dealkylation sites (tertiary alicyclic amines) is 2. The molecule has 0 spiro atoms. The first-order valence-corrected chi connectivity index (χ1v) is 18.4. The maximum absolute atomic E-state index is 13.5. The van der Waals surface area contributed by atoms with Crippen LogP contribution in [0.1, 0.15) is 62.8 Å². The lowest BCUT2D eigenvalue weighted by Gasteiger charge is -2.29. The molecule has 4 amide bonds. The lowest BCUT2D eigenvalue weighted by Crippen LogP contribution is -2.49. The van der Waals surface area contributed by atoms with Crippen LogP contribution < -0.4 is 11.1 Å². The number of H-pyrrole nitrogens is 2. The van der Waals surface area contributed by atoms with Gasteiger partial charge in [-0.15, -0.1) is 0 Å². The molecule has 0 radical (unpaired) electrons. The first-order chi connectivity index (χ1) is 26.6. The molecule has 2 aliphatic rings. The summed E-state index contributed by atoms with van der Waals surface area (Å²) in [5.74, 6) is 0.779. The summed E-state index contributed by atoms with van der Waals surface area (Å²) in [6, 6.07) is 15.0. The smallest absolute Gasteiger partial charge is 0.407 e. The summed E-state index contributed by atoms with van der Waals surface area (Å²) in [6.07, 6.45) is 3.41. The number of ether oxygens (including phenoxy) is 4. The second kappa shape index (κ2) is 17.6. The third kappa shape index (κ3) is 8.81. The second-order valence-electron chi connectivity index (χ2n) is 13.7. The zero-order chi connectivity index (χ0) is 39.1. The molecule has 2 aromatic heterocycles. The van der Waals surface area contributed by atoms with E-state index in [0.717, 1.165) is 52.9 Å². The fourth-order valence-electron chi connectivity index (χ4n) is 7.27. The SMILES string of the molecule is COCC[C@H](NC(=O)OC)C(=O)N1CCC[C@H]1c1ncc(-c2ccc(-c3ccc(-c4cnc([C@@H]5CCCN5C(=O)[C@@H](OC(N)=O)[C@@H](C)OC)[nH]4)cc3)cc2)[nH]1. The minimum Gasteiger partial charge on any atom is -0.453 e. The molecule has 2 aromatic carbocycles. The van der Waals surface area contributed by atoms with Crippen molar-refractivity contribution in [3.8, 4) is 33.6 Å². The zero-order valence-electron chi connectivity index (χ0n) is 31.4. The molecule has 4 heterocycles. The molecule has 2 saturated heterocycles. The van der Waals surface area contributed by atoms with E-state index in [4.69, 9.17) is 24.7 Å². The molecule has 2 aliphatic heterocycles. The van der Waals surface area contributed by atoms with Crippen molar-refractivity contribution in [2.75, 3.05) is 41.0 Å². The number of aromatic nitrogens is 4. The summed E-state index contributed by atoms with van der Waals surface area (Å²) in [4.78, 5) is 69.9. The van der Waals surface area contributed by atoms with Crippen LogP contribution in [0.25, 0.3) is 33.6 Å². The summed E-state index contributed by atoms with van der Waals surface area (Å²) in [5, 5.41) is 2.64. The number of amides is 4. The molecule has 5 atom stereocenters. The fourth-order valence-corrected chi connectivity index (χ4v) is 7.27. The van der Waals surface area contributed by atoms with Gasteiger partial charge in [-0.05, 0) is 54.9 Å². The highest BCUT2D eigenvalue weighted by Crippen LogP contribution is 2.35. The number of imidazole rings is 2. The molecule has 16 heteroatoms. The Balaban J connectivity index is 1.10. The van der Waals surface area contributed by atoms with Gasteiger partial charge in [0.2, 0.25) is 12.0 Å². The largest absolute Gasteiger partial charge is 0.453 e. The number of nitrogens with zero attached hydrogens (tertiary/aromatic N) is 4. The van der Waals surface area contributed by atoms with Gasteiger partial charge in [-0.1, -0.05) is 48.5 Å². The Bertz CT molecular complexity index is 1940. The Morgan fingerprint density at radius 2 is 1.29 bits per heavy atom. The lowest BCUT2D eigenvalue weighted by molar-refractivity contribution is -0.148. The van der Waals surface area contributed by atoms with Crippen LogP contribution in [-0.2, 0) is 28.5 Å². The van der Waals surface area contributed by atoms with Gasteiger partial charge in [-0.25, -0.2) is 19.6 Å². The van der Waals surface area contributed by atoms with Gasteiger partial charge in [-0.3, -0.25) is 9.59 Å². The van der Waals surface area contributed by atoms with Crippen LogP contribution in [0, 0.1) is 0 Å². The van der Waals surface area contributed by atoms with Crippen LogP contribution in [0.3, 0.4) is 0 Å². The average Bonchev–Trinajstić information content (AvgIpc) is 4.04. The Hall–Kier alpha value is -5.74. The summed E-state index contributed by atoms with van der Waals surface area (Å²) >= 11 is 0. The number of nitrogens with one attached hydrogen (secondary N) is 3. The van der Waals surface area contributed by atoms with Gasteiger partial charge in [0, 0.05) is 40.3 Å². The number of carbonyl (C=O) groups is 4. The molecular formula is C39H48N8O8. The van der Waals surface area contributed by atoms with Crippen molar-refractivity contribution in [3.05, 3.63) is 72.6 Å². The van der Waals surface area contributed by atoms with E-state index in [0.29, 0.717) is 44.2 Å². The van der Waals surface area contributed by atoms with Crippen LogP contribution in [0.5, 0.6) is 0 Å². The van der Waals surface area contributed by atoms with Gasteiger partial charge in [0.15, 0.2) is 0 Å². The number of hydrogen-bond donors (Lipinski definition) is 4. The Kier molecular flexibility index (Phi) is 12.5. The van der Waals surface area contributed by atoms with E-state index in [1.165, 1.54) is 14.2 Å². The first kappa shape index (κ1) is 39.0. The van der Waals surface area contributed by atoms with Crippen molar-refractivity contribution in [1.82, 2.24) is 35.1 Å². The van der Waals surface area contributed by atoms with E-state index in [1.54, 1.807) is 36.2 Å². The van der Waals surface area contributed by atoms with Gasteiger partial charge in [-0.2, -0.15) is 0 Å². The maximum Gasteiger partial charge on any atom is 0.407 e. The molecular weight excluding hydrogens is 708 g/mol. The standard InChI is InChI=1S/C39H48N8O8/c1-23(53-3)33(55-38(40)50)37(49)47-19-6-8-32(47)35-42-22-30(44-35)27-15-11-25(12-16-27)24-9-13-26(14-10-24)29-21-41-34(43-29)31-7-5-18-46(31)36(48)28(17-20-52-2)45-39(51)54-4/h9-16,21-23,28,31-33H,5-8,17-20H2,1-4H3,(H2,40,50)(H,41,43)(H,42,44)(H,45,51)/t23-,28+,31+,32+,33+/m1/s1. The highest BCUT2D eigenvalue weighted by Gasteiger charge is 2.40. The molecule has 2 fully saturated rings. The predicted octanol–water partition coefficient (Wildman–Crippen LogP) is 4.72. The van der Waals surface area contributed by atoms with E-state index in [-0.39, 0.29) is 23.9 Å². The van der Waals surface area contributed by atoms with Crippen molar-refractivity contribution in [2.45, 2.75) is 69.4 Å². The number of benzene rings is 2. The normalized spacial score (nSPS) is 18.5. The average molecular weight is 757 g/mol. The number of methoxy groups -OCH3 is 3. The van der Waals surface area contributed by atoms with Crippen LogP contribution in [0.15, 0.2) is 60.9 Å². The third-order valence-electron chi connectivity index (χ3n) is 10.3. The summed E-state index contributed by atoms with van der Waals surface area (Å²) in [6.45, 7) is 3.03. The highest BCUT2D eigenvalue weighted by molar-refractivity contribution is 5.86. The van der Waals surface area contributed by atoms with E-state index in [2.05, 4.69) is 37.4 Å². The quantitative estimate of drug-likeness (QED) is 0.139. The van der Waals surface area contributed by atoms with Gasteiger partial charge in [0.05, 0.1) is 43.0 Å². The molecule has 4 aromatic rings. The number of rotatable bonds is 14. The summed E-state index contributed by atoms with van der Waals surface area (Å²) in [7, 11) is 4.26. The third-order valence-corrected chi connectivity index (χ3v) is 10.3. The predicted molar refractivity (Wildman–Crippen MR) is 201 cm³/mol. The van der Waals surface area contributed by atoms with Crippen molar-refractivity contribution in [1.29, 1.82) is 0 Å². The van der Waals surface area contributed by atoms with Crippen molar-refractivity contribution >= 4 is 24.0 Å². The van der Waals surface area contributed by atoms with Crippen molar-refractivity contribution < 1.29 is 38.1 Å². The molecule has 16 nitrogen and oxygen atoms in total. The van der Waals surface area contributed by atoms with E-state index in [1.807, 2.05) is 36.4 Å². The number of nitrogens with two attached hydrogens (primary N) is 1. The van der Waals surface area contributed by atoms with Crippen LogP contribution in [0.4, 0.5) is 9.59 Å². The Morgan fingerprint density at radius 1 is 0.800 bits per heavy atom. The monoisotopic (exact) mass is 756 g/mol. The van der Waals surface area contributed by atoms with E-state index < -0.39 is 30.4 Å². The first-order valence-electron chi connectivity index (χ1n) is 18.4. The van der Waals surface area contributed by atoms with Crippen LogP contribution >= 0.6 is 0 Å². The molecule has 0 saturated carbocycles. The second-order valence-corrected chi connectivity index (χ2v) is 13.7. The Morgan fingerprint density at radius 3 is 1.75 bits per heavy atom. The van der Waals surface area contributed by atoms with Crippen LogP contribution in [-0.4, -0.2) is 113 Å². The molecule has 5 N–H and O–H groups in total. The van der Waals surface area contributed by atoms with Crippen LogP contribution in [0.2, 0.25) is 0 Å². The molecule has 292 valence electrons. The van der Waals surface area contributed by atoms with Gasteiger partial charge >= 0.3 is 12.2 Å². The van der Waals surface area contributed by atoms with Crippen molar-refractivity contribution in [2.24, 2.45) is 5.73 Å². The zero-order valence-corrected chi connectivity index (χ0v) is 31.4. The van der Waals surface area contributed by atoms with Gasteiger partial charge < -0.3 is 49.8 Å². The van der Waals surface area contributed by atoms with E-state index in [9.17, 15) is 19.2 Å². The number of alkyl carbamates (subject to hydrolysis) is 1. The number of aromatic amines is 2.